The second-order valence-electron chi connectivity index (χ2n) is 11.6. The van der Waals surface area contributed by atoms with Crippen molar-refractivity contribution in [2.45, 2.75) is 18.0 Å². The number of benzene rings is 4. The fourth-order valence-electron chi connectivity index (χ4n) is 6.58. The first-order valence-electron chi connectivity index (χ1n) is 15.3. The normalized spacial score (nSPS) is 12.4. The third kappa shape index (κ3) is 5.28. The van der Waals surface area contributed by atoms with E-state index in [-0.39, 0.29) is 12.0 Å². The molecule has 0 amide bonds. The zero-order chi connectivity index (χ0) is 32.5. The van der Waals surface area contributed by atoms with Crippen LogP contribution in [0.3, 0.4) is 0 Å². The number of fused-ring (bicyclic) bond motifs is 2. The van der Waals surface area contributed by atoms with Crippen molar-refractivity contribution in [2.24, 2.45) is 7.05 Å². The number of aromatic nitrogens is 3. The summed E-state index contributed by atoms with van der Waals surface area (Å²) in [6, 6.07) is 38.1. The van der Waals surface area contributed by atoms with Crippen LogP contribution < -0.4 is 10.9 Å². The lowest BCUT2D eigenvalue weighted by atomic mass is 9.76. The first-order valence-corrected chi connectivity index (χ1v) is 15.3. The summed E-state index contributed by atoms with van der Waals surface area (Å²) in [7, 11) is 1.66. The number of hydrogen-bond donors (Lipinski definition) is 2. The molecule has 3 heterocycles. The number of aliphatic carboxylic acids is 1. The van der Waals surface area contributed by atoms with Crippen molar-refractivity contribution in [3.8, 4) is 11.1 Å². The third-order valence-corrected chi connectivity index (χ3v) is 8.83. The molecule has 0 aliphatic carbocycles. The molecule has 0 spiro atoms. The number of halogens is 1. The fourth-order valence-corrected chi connectivity index (χ4v) is 6.58. The molecule has 232 valence electrons. The predicted molar refractivity (Wildman–Crippen MR) is 181 cm³/mol. The summed E-state index contributed by atoms with van der Waals surface area (Å²) >= 11 is 0. The molecule has 1 unspecified atom stereocenters. The molecule has 0 aliphatic heterocycles. The Morgan fingerprint density at radius 3 is 2.00 bits per heavy atom. The van der Waals surface area contributed by atoms with Gasteiger partial charge in [0.1, 0.15) is 17.5 Å². The van der Waals surface area contributed by atoms with Gasteiger partial charge in [0.15, 0.2) is 0 Å². The van der Waals surface area contributed by atoms with E-state index in [4.69, 9.17) is 0 Å². The van der Waals surface area contributed by atoms with E-state index in [0.717, 1.165) is 16.7 Å². The van der Waals surface area contributed by atoms with Crippen molar-refractivity contribution in [1.82, 2.24) is 19.3 Å². The number of hydrogen-bond acceptors (Lipinski definition) is 4. The molecule has 0 radical (unpaired) electrons. The smallest absolute Gasteiger partial charge is 0.321 e. The Morgan fingerprint density at radius 2 is 1.43 bits per heavy atom. The molecule has 0 aliphatic rings. The van der Waals surface area contributed by atoms with E-state index in [2.05, 4.69) is 10.3 Å². The van der Waals surface area contributed by atoms with Crippen molar-refractivity contribution in [2.75, 3.05) is 0 Å². The second kappa shape index (κ2) is 12.2. The number of aryl methyl sites for hydroxylation is 1. The van der Waals surface area contributed by atoms with Crippen LogP contribution in [-0.4, -0.2) is 31.1 Å². The summed E-state index contributed by atoms with van der Waals surface area (Å²) in [5.74, 6) is -1.41. The zero-order valence-corrected chi connectivity index (χ0v) is 25.5. The topological polar surface area (TPSA) is 88.6 Å². The Balaban J connectivity index is 1.34. The molecular weight excluding hydrogens is 591 g/mol. The number of carboxylic acids is 1. The van der Waals surface area contributed by atoms with Gasteiger partial charge < -0.3 is 14.1 Å². The van der Waals surface area contributed by atoms with Gasteiger partial charge in [0.2, 0.25) is 0 Å². The number of rotatable bonds is 9. The summed E-state index contributed by atoms with van der Waals surface area (Å²) in [6.07, 6.45) is 3.49. The molecule has 4 aromatic carbocycles. The van der Waals surface area contributed by atoms with Gasteiger partial charge in [0, 0.05) is 42.5 Å². The summed E-state index contributed by atoms with van der Waals surface area (Å²) in [4.78, 5) is 31.2. The Morgan fingerprint density at radius 1 is 0.830 bits per heavy atom. The van der Waals surface area contributed by atoms with Gasteiger partial charge in [-0.15, -0.1) is 0 Å². The minimum Gasteiger partial charge on any atom is -0.480 e. The Bertz CT molecular complexity index is 2190. The van der Waals surface area contributed by atoms with E-state index in [1.54, 1.807) is 37.6 Å². The number of nitrogens with one attached hydrogen (secondary N) is 1. The second-order valence-corrected chi connectivity index (χ2v) is 11.6. The first-order chi connectivity index (χ1) is 22.9. The molecule has 2 N–H and O–H groups in total. The summed E-state index contributed by atoms with van der Waals surface area (Å²) in [5.41, 5.74) is 4.20. The van der Waals surface area contributed by atoms with Crippen LogP contribution in [0.5, 0.6) is 0 Å². The molecule has 7 rings (SSSR count). The van der Waals surface area contributed by atoms with Crippen LogP contribution in [0.4, 0.5) is 4.39 Å². The molecule has 8 heteroatoms. The Hall–Kier alpha value is -5.86. The molecule has 0 saturated heterocycles. The molecule has 3 aromatic heterocycles. The number of carbonyl (C=O) groups is 1. The van der Waals surface area contributed by atoms with Gasteiger partial charge in [0.25, 0.3) is 5.56 Å². The quantitative estimate of drug-likeness (QED) is 0.178. The van der Waals surface area contributed by atoms with Crippen LogP contribution in [-0.2, 0) is 23.8 Å². The molecule has 47 heavy (non-hydrogen) atoms. The van der Waals surface area contributed by atoms with Gasteiger partial charge in [-0.2, -0.15) is 0 Å². The average molecular weight is 623 g/mol. The van der Waals surface area contributed by atoms with E-state index in [9.17, 15) is 19.1 Å². The van der Waals surface area contributed by atoms with Gasteiger partial charge in [0.05, 0.1) is 16.6 Å². The predicted octanol–water partition coefficient (Wildman–Crippen LogP) is 6.57. The van der Waals surface area contributed by atoms with Gasteiger partial charge in [-0.1, -0.05) is 91.0 Å². The van der Waals surface area contributed by atoms with Crippen molar-refractivity contribution < 1.29 is 14.3 Å². The first kappa shape index (κ1) is 29.8. The van der Waals surface area contributed by atoms with Crippen LogP contribution in [0, 0.1) is 5.82 Å². The van der Waals surface area contributed by atoms with Crippen LogP contribution in [0.15, 0.2) is 145 Å². The summed E-state index contributed by atoms with van der Waals surface area (Å²) in [5, 5.41) is 14.9. The van der Waals surface area contributed by atoms with Gasteiger partial charge in [-0.25, -0.2) is 9.37 Å². The number of pyridine rings is 2. The van der Waals surface area contributed by atoms with E-state index in [1.165, 1.54) is 16.7 Å². The van der Waals surface area contributed by atoms with E-state index in [0.29, 0.717) is 33.4 Å². The van der Waals surface area contributed by atoms with Gasteiger partial charge in [-0.3, -0.25) is 14.9 Å². The molecule has 7 nitrogen and oxygen atoms in total. The Kier molecular flexibility index (Phi) is 7.71. The van der Waals surface area contributed by atoms with Crippen molar-refractivity contribution in [3.05, 3.63) is 178 Å². The van der Waals surface area contributed by atoms with Crippen LogP contribution >= 0.6 is 0 Å². The summed E-state index contributed by atoms with van der Waals surface area (Å²) < 4.78 is 17.4. The largest absolute Gasteiger partial charge is 0.480 e. The van der Waals surface area contributed by atoms with Crippen molar-refractivity contribution >= 4 is 22.5 Å². The molecule has 0 fully saturated rings. The van der Waals surface area contributed by atoms with Gasteiger partial charge >= 0.3 is 5.97 Å². The van der Waals surface area contributed by atoms with Crippen molar-refractivity contribution in [3.63, 3.8) is 0 Å². The van der Waals surface area contributed by atoms with Crippen LogP contribution in [0.25, 0.3) is 27.7 Å². The maximum Gasteiger partial charge on any atom is 0.321 e. The maximum absolute atomic E-state index is 14.1. The fraction of sp³-hybridized carbons (Fsp3) is 0.103. The maximum atomic E-state index is 14.1. The van der Waals surface area contributed by atoms with E-state index >= 15 is 0 Å². The average Bonchev–Trinajstić information content (AvgIpc) is 3.60. The van der Waals surface area contributed by atoms with E-state index < -0.39 is 23.4 Å². The Labute approximate surface area is 270 Å². The highest BCUT2D eigenvalue weighted by Gasteiger charge is 2.40. The lowest BCUT2D eigenvalue weighted by Gasteiger charge is -2.39. The highest BCUT2D eigenvalue weighted by molar-refractivity contribution is 5.87. The van der Waals surface area contributed by atoms with Crippen LogP contribution in [0.1, 0.15) is 22.4 Å². The lowest BCUT2D eigenvalue weighted by molar-refractivity contribution is -0.139. The number of carboxylic acid groups (broad SMARTS) is 1. The standard InChI is InChI=1S/C39H31FN4O3/c1-43-35-20-17-30(40)23-26(35)24-33(37(43)45)32-19-18-31(44-22-21-41-36(32)44)25-34(38(46)47)42-39(27-11-5-2-6-12-27,28-13-7-3-8-14-28)29-15-9-4-10-16-29/h2-24,34,42H,25H2,1H3,(H,46,47). The highest BCUT2D eigenvalue weighted by Crippen LogP contribution is 2.38. The number of nitrogens with zero attached hydrogens (tertiary/aromatic N) is 3. The molecule has 0 bridgehead atoms. The molecule has 7 aromatic rings. The zero-order valence-electron chi connectivity index (χ0n) is 25.5. The van der Waals surface area contributed by atoms with Crippen LogP contribution in [0.2, 0.25) is 0 Å². The monoisotopic (exact) mass is 622 g/mol. The molecular formula is C39H31FN4O3. The van der Waals surface area contributed by atoms with Crippen molar-refractivity contribution in [1.29, 1.82) is 0 Å². The van der Waals surface area contributed by atoms with Gasteiger partial charge in [-0.05, 0) is 53.1 Å². The third-order valence-electron chi connectivity index (χ3n) is 8.83. The number of imidazole rings is 1. The lowest BCUT2D eigenvalue weighted by Crippen LogP contribution is -2.53. The molecule has 1 atom stereocenters. The molecule has 0 saturated carbocycles. The SMILES string of the molecule is Cn1c(=O)c(-c2ccc(CC(NC(c3ccccc3)(c3ccccc3)c3ccccc3)C(=O)O)n3ccnc23)cc2cc(F)ccc21. The highest BCUT2D eigenvalue weighted by atomic mass is 19.1. The van der Waals surface area contributed by atoms with E-state index in [1.807, 2.05) is 101 Å². The summed E-state index contributed by atoms with van der Waals surface area (Å²) in [6.45, 7) is 0. The minimum absolute atomic E-state index is 0.109. The minimum atomic E-state index is -1.04.